The van der Waals surface area contributed by atoms with Gasteiger partial charge < -0.3 is 24.7 Å². The molecule has 0 radical (unpaired) electrons. The third-order valence-corrected chi connectivity index (χ3v) is 4.23. The van der Waals surface area contributed by atoms with Gasteiger partial charge >= 0.3 is 20.1 Å². The summed E-state index contributed by atoms with van der Waals surface area (Å²) in [5.41, 5.74) is 5.93. The zero-order valence-electron chi connectivity index (χ0n) is 19.4. The van der Waals surface area contributed by atoms with E-state index in [0.717, 1.165) is 46.7 Å². The fourth-order valence-corrected chi connectivity index (χ4v) is 2.71. The number of aryl methyl sites for hydroxylation is 2. The summed E-state index contributed by atoms with van der Waals surface area (Å²) in [5.74, 6) is 0.289. The van der Waals surface area contributed by atoms with Gasteiger partial charge in [-0.05, 0) is 24.7 Å². The Kier molecular flexibility index (Phi) is 13.3. The van der Waals surface area contributed by atoms with Gasteiger partial charge in [0.2, 0.25) is 0 Å². The summed E-state index contributed by atoms with van der Waals surface area (Å²) >= 11 is 0. The summed E-state index contributed by atoms with van der Waals surface area (Å²) in [6, 6.07) is 23.9. The molecule has 0 unspecified atom stereocenters. The van der Waals surface area contributed by atoms with Crippen LogP contribution in [-0.4, -0.2) is 25.7 Å². The standard InChI is InChI=1S/2C11H9N2.C5H10O.Ir/c2*1-9-7-11(13-8-12-9)10-5-3-2-4-6-10;1-3-4-5(2)6;/h2*2-7H,1H3;3-4H2,1-2H3;/q2*-1;;+3. The topological polar surface area (TPSA) is 68.6 Å². The number of nitrogens with zero attached hydrogens (tertiary/aromatic N) is 4. The molecule has 0 atom stereocenters. The van der Waals surface area contributed by atoms with Crippen LogP contribution in [-0.2, 0) is 24.9 Å². The van der Waals surface area contributed by atoms with Crippen molar-refractivity contribution in [1.82, 2.24) is 19.9 Å². The van der Waals surface area contributed by atoms with Crippen LogP contribution in [0.3, 0.4) is 0 Å². The molecule has 0 saturated heterocycles. The Balaban J connectivity index is 0.000000262. The van der Waals surface area contributed by atoms with Crippen molar-refractivity contribution >= 4 is 5.78 Å². The number of aromatic nitrogens is 4. The molecule has 0 bridgehead atoms. The first kappa shape index (κ1) is 28.0. The molecule has 2 heterocycles. The first-order valence-corrected chi connectivity index (χ1v) is 10.5. The predicted molar refractivity (Wildman–Crippen MR) is 128 cm³/mol. The van der Waals surface area contributed by atoms with Crippen LogP contribution in [0.25, 0.3) is 22.5 Å². The van der Waals surface area contributed by atoms with Crippen LogP contribution in [0, 0.1) is 26.5 Å². The summed E-state index contributed by atoms with van der Waals surface area (Å²) in [6.45, 7) is 7.49. The molecule has 170 valence electrons. The molecular weight excluding hydrogens is 589 g/mol. The van der Waals surface area contributed by atoms with Gasteiger partial charge in [-0.25, -0.2) is 0 Å². The minimum atomic E-state index is 0. The summed E-state index contributed by atoms with van der Waals surface area (Å²) in [5, 5.41) is 0. The van der Waals surface area contributed by atoms with Crippen molar-refractivity contribution in [3.8, 4) is 22.5 Å². The minimum absolute atomic E-state index is 0. The molecule has 4 rings (SSSR count). The Morgan fingerprint density at radius 1 is 0.727 bits per heavy atom. The van der Waals surface area contributed by atoms with E-state index in [-0.39, 0.29) is 25.9 Å². The van der Waals surface area contributed by atoms with Gasteiger partial charge in [-0.3, -0.25) is 0 Å². The maximum Gasteiger partial charge on any atom is 3.00 e. The maximum absolute atomic E-state index is 10.0. The molecule has 6 heteroatoms. The molecule has 0 amide bonds. The molecule has 2 aromatic carbocycles. The Hall–Kier alpha value is -3.08. The second kappa shape index (κ2) is 15.7. The summed E-state index contributed by atoms with van der Waals surface area (Å²) in [4.78, 5) is 26.0. The average Bonchev–Trinajstić information content (AvgIpc) is 2.81. The van der Waals surface area contributed by atoms with Crippen molar-refractivity contribution < 1.29 is 24.9 Å². The fraction of sp³-hybridized carbons (Fsp3) is 0.222. The van der Waals surface area contributed by atoms with Gasteiger partial charge in [0.25, 0.3) is 0 Å². The van der Waals surface area contributed by atoms with Crippen molar-refractivity contribution in [3.05, 3.63) is 96.8 Å². The average molecular weight is 617 g/mol. The van der Waals surface area contributed by atoms with E-state index in [1.807, 2.05) is 93.6 Å². The summed E-state index contributed by atoms with van der Waals surface area (Å²) < 4.78 is 0. The van der Waals surface area contributed by atoms with Crippen molar-refractivity contribution in [3.63, 3.8) is 0 Å². The Bertz CT molecular complexity index is 1010. The van der Waals surface area contributed by atoms with E-state index in [9.17, 15) is 4.79 Å². The molecule has 33 heavy (non-hydrogen) atoms. The van der Waals surface area contributed by atoms with Crippen molar-refractivity contribution in [2.24, 2.45) is 0 Å². The molecule has 0 fully saturated rings. The van der Waals surface area contributed by atoms with Crippen LogP contribution in [0.2, 0.25) is 0 Å². The molecule has 0 aliphatic heterocycles. The van der Waals surface area contributed by atoms with E-state index in [4.69, 9.17) is 0 Å². The zero-order valence-corrected chi connectivity index (χ0v) is 21.8. The molecule has 0 N–H and O–H groups in total. The van der Waals surface area contributed by atoms with Crippen LogP contribution in [0.1, 0.15) is 38.1 Å². The van der Waals surface area contributed by atoms with Gasteiger partial charge in [0, 0.05) is 19.1 Å². The van der Waals surface area contributed by atoms with Crippen LogP contribution in [0.4, 0.5) is 0 Å². The van der Waals surface area contributed by atoms with Crippen LogP contribution < -0.4 is 0 Å². The first-order chi connectivity index (χ1) is 15.5. The summed E-state index contributed by atoms with van der Waals surface area (Å²) in [7, 11) is 0. The molecule has 0 aliphatic carbocycles. The fourth-order valence-electron chi connectivity index (χ4n) is 2.71. The van der Waals surface area contributed by atoms with E-state index in [1.54, 1.807) is 6.92 Å². The van der Waals surface area contributed by atoms with Crippen LogP contribution >= 0.6 is 0 Å². The SMILES string of the molecule is CCCC(C)=O.Cc1cc(-c2ccccc2)n[c-]n1.Cc1cc(-c2ccccc2)n[c-]n1.[Ir+3]. The summed E-state index contributed by atoms with van der Waals surface area (Å²) in [6.07, 6.45) is 6.97. The molecule has 0 aliphatic rings. The largest absolute Gasteiger partial charge is 3.00 e. The van der Waals surface area contributed by atoms with Crippen molar-refractivity contribution in [2.45, 2.75) is 40.5 Å². The molecule has 2 aromatic heterocycles. The number of carbonyl (C=O) groups is 1. The van der Waals surface area contributed by atoms with Crippen LogP contribution in [0.15, 0.2) is 72.8 Å². The Morgan fingerprint density at radius 2 is 1.12 bits per heavy atom. The van der Waals surface area contributed by atoms with Gasteiger partial charge in [-0.15, -0.1) is 12.1 Å². The van der Waals surface area contributed by atoms with Gasteiger partial charge in [0.15, 0.2) is 0 Å². The van der Waals surface area contributed by atoms with E-state index in [1.165, 1.54) is 0 Å². The maximum atomic E-state index is 10.0. The second-order valence-electron chi connectivity index (χ2n) is 7.17. The van der Waals surface area contributed by atoms with Crippen LogP contribution in [0.5, 0.6) is 0 Å². The van der Waals surface area contributed by atoms with E-state index < -0.39 is 0 Å². The van der Waals surface area contributed by atoms with Gasteiger partial charge in [-0.1, -0.05) is 104 Å². The van der Waals surface area contributed by atoms with Gasteiger partial charge in [0.1, 0.15) is 5.78 Å². The third kappa shape index (κ3) is 10.9. The van der Waals surface area contributed by atoms with E-state index in [0.29, 0.717) is 0 Å². The van der Waals surface area contributed by atoms with Crippen molar-refractivity contribution in [1.29, 1.82) is 0 Å². The van der Waals surface area contributed by atoms with E-state index in [2.05, 4.69) is 32.6 Å². The molecule has 0 spiro atoms. The number of hydrogen-bond donors (Lipinski definition) is 0. The number of ketones is 1. The van der Waals surface area contributed by atoms with Gasteiger partial charge in [-0.2, -0.15) is 0 Å². The predicted octanol–water partition coefficient (Wildman–Crippen LogP) is 5.88. The minimum Gasteiger partial charge on any atom is -0.371 e. The third-order valence-electron chi connectivity index (χ3n) is 4.23. The molecule has 5 nitrogen and oxygen atoms in total. The second-order valence-corrected chi connectivity index (χ2v) is 7.17. The quantitative estimate of drug-likeness (QED) is 0.268. The number of hydrogen-bond acceptors (Lipinski definition) is 5. The Labute approximate surface area is 210 Å². The number of Topliss-reactive ketones (excluding diaryl/α,β-unsaturated/α-hetero) is 1. The monoisotopic (exact) mass is 617 g/mol. The Morgan fingerprint density at radius 3 is 1.39 bits per heavy atom. The van der Waals surface area contributed by atoms with E-state index >= 15 is 0 Å². The van der Waals surface area contributed by atoms with Gasteiger partial charge in [0.05, 0.1) is 0 Å². The molecule has 4 aromatic rings. The van der Waals surface area contributed by atoms with Crippen molar-refractivity contribution in [2.75, 3.05) is 0 Å². The number of benzene rings is 2. The number of carbonyl (C=O) groups excluding carboxylic acids is 1. The molecule has 0 saturated carbocycles. The number of rotatable bonds is 4. The normalized spacial score (nSPS) is 9.33. The molecular formula is C27H28IrN4O+. The smallest absolute Gasteiger partial charge is 0.371 e. The first-order valence-electron chi connectivity index (χ1n) is 10.5. The zero-order chi connectivity index (χ0) is 23.2.